The van der Waals surface area contributed by atoms with E-state index in [1.54, 1.807) is 13.0 Å². The van der Waals surface area contributed by atoms with Crippen LogP contribution in [0.4, 0.5) is 0 Å². The maximum absolute atomic E-state index is 11.8. The van der Waals surface area contributed by atoms with E-state index < -0.39 is 0 Å². The molecular weight excluding hydrogens is 212 g/mol. The molecule has 0 aliphatic rings. The van der Waals surface area contributed by atoms with Crippen LogP contribution in [0.25, 0.3) is 10.2 Å². The summed E-state index contributed by atoms with van der Waals surface area (Å²) in [5.74, 6) is 0.0369. The quantitative estimate of drug-likeness (QED) is 0.789. The Labute approximate surface area is 90.2 Å². The molecule has 2 heterocycles. The highest BCUT2D eigenvalue weighted by Gasteiger charge is 2.07. The SMILES string of the molecule is CCC(=O)Cn1cnc2ccsc2c1=O. The fraction of sp³-hybridized carbons (Fsp3) is 0.300. The Bertz CT molecular complexity index is 556. The molecular formula is C10H10N2O2S. The summed E-state index contributed by atoms with van der Waals surface area (Å²) in [6, 6.07) is 1.80. The Morgan fingerprint density at radius 2 is 2.40 bits per heavy atom. The number of hydrogen-bond acceptors (Lipinski definition) is 4. The molecule has 15 heavy (non-hydrogen) atoms. The van der Waals surface area contributed by atoms with Gasteiger partial charge in [-0.05, 0) is 11.4 Å². The fourth-order valence-electron chi connectivity index (χ4n) is 1.29. The van der Waals surface area contributed by atoms with Crippen LogP contribution in [0.1, 0.15) is 13.3 Å². The van der Waals surface area contributed by atoms with Gasteiger partial charge in [0.05, 0.1) is 18.4 Å². The summed E-state index contributed by atoms with van der Waals surface area (Å²) in [5, 5.41) is 1.82. The molecule has 0 bridgehead atoms. The van der Waals surface area contributed by atoms with Gasteiger partial charge in [0.25, 0.3) is 5.56 Å². The maximum atomic E-state index is 11.8. The zero-order chi connectivity index (χ0) is 10.8. The van der Waals surface area contributed by atoms with E-state index in [9.17, 15) is 9.59 Å². The van der Waals surface area contributed by atoms with Gasteiger partial charge in [-0.15, -0.1) is 11.3 Å². The van der Waals surface area contributed by atoms with E-state index in [-0.39, 0.29) is 17.9 Å². The predicted molar refractivity (Wildman–Crippen MR) is 59.2 cm³/mol. The Balaban J connectivity index is 2.48. The minimum absolute atomic E-state index is 0.0369. The van der Waals surface area contributed by atoms with Crippen LogP contribution in [-0.4, -0.2) is 15.3 Å². The van der Waals surface area contributed by atoms with E-state index in [1.165, 1.54) is 22.2 Å². The zero-order valence-electron chi connectivity index (χ0n) is 8.27. The molecule has 5 heteroatoms. The number of hydrogen-bond donors (Lipinski definition) is 0. The fourth-order valence-corrected chi connectivity index (χ4v) is 2.09. The van der Waals surface area contributed by atoms with Crippen LogP contribution < -0.4 is 5.56 Å². The largest absolute Gasteiger partial charge is 0.298 e. The lowest BCUT2D eigenvalue weighted by Crippen LogP contribution is -2.23. The topological polar surface area (TPSA) is 52.0 Å². The molecule has 0 unspecified atom stereocenters. The van der Waals surface area contributed by atoms with Crippen molar-refractivity contribution < 1.29 is 4.79 Å². The lowest BCUT2D eigenvalue weighted by Gasteiger charge is -2.02. The van der Waals surface area contributed by atoms with Crippen LogP contribution in [0.3, 0.4) is 0 Å². The number of ketones is 1. The van der Waals surface area contributed by atoms with E-state index in [1.807, 2.05) is 5.38 Å². The van der Waals surface area contributed by atoms with Crippen molar-refractivity contribution in [3.05, 3.63) is 28.1 Å². The molecule has 0 spiro atoms. The third-order valence-electron chi connectivity index (χ3n) is 2.18. The van der Waals surface area contributed by atoms with E-state index in [2.05, 4.69) is 4.98 Å². The molecule has 4 nitrogen and oxygen atoms in total. The molecule has 0 fully saturated rings. The van der Waals surface area contributed by atoms with Gasteiger partial charge in [-0.25, -0.2) is 4.98 Å². The zero-order valence-corrected chi connectivity index (χ0v) is 9.08. The summed E-state index contributed by atoms with van der Waals surface area (Å²) < 4.78 is 1.98. The Hall–Kier alpha value is -1.49. The highest BCUT2D eigenvalue weighted by atomic mass is 32.1. The highest BCUT2D eigenvalue weighted by Crippen LogP contribution is 2.12. The molecule has 0 aliphatic carbocycles. The smallest absolute Gasteiger partial charge is 0.271 e. The van der Waals surface area contributed by atoms with E-state index >= 15 is 0 Å². The van der Waals surface area contributed by atoms with Crippen molar-refractivity contribution in [1.29, 1.82) is 0 Å². The first-order chi connectivity index (χ1) is 7.22. The monoisotopic (exact) mass is 222 g/mol. The second-order valence-corrected chi connectivity index (χ2v) is 4.12. The average Bonchev–Trinajstić information content (AvgIpc) is 2.70. The first-order valence-corrected chi connectivity index (χ1v) is 5.54. The number of carbonyl (C=O) groups excluding carboxylic acids is 1. The van der Waals surface area contributed by atoms with Crippen LogP contribution in [0, 0.1) is 0 Å². The van der Waals surface area contributed by atoms with Crippen molar-refractivity contribution >= 4 is 27.3 Å². The van der Waals surface area contributed by atoms with Crippen molar-refractivity contribution in [2.24, 2.45) is 0 Å². The molecule has 0 amide bonds. The second-order valence-electron chi connectivity index (χ2n) is 3.20. The van der Waals surface area contributed by atoms with Crippen molar-refractivity contribution in [3.8, 4) is 0 Å². The van der Waals surface area contributed by atoms with E-state index in [0.29, 0.717) is 16.6 Å². The van der Waals surface area contributed by atoms with Crippen LogP contribution >= 0.6 is 11.3 Å². The van der Waals surface area contributed by atoms with Gasteiger partial charge in [-0.1, -0.05) is 6.92 Å². The summed E-state index contributed by atoms with van der Waals surface area (Å²) in [6.07, 6.45) is 1.87. The molecule has 0 aromatic carbocycles. The third kappa shape index (κ3) is 1.83. The van der Waals surface area contributed by atoms with Gasteiger partial charge in [0.15, 0.2) is 5.78 Å². The number of nitrogens with zero attached hydrogens (tertiary/aromatic N) is 2. The van der Waals surface area contributed by atoms with Gasteiger partial charge >= 0.3 is 0 Å². The molecule has 0 saturated heterocycles. The number of Topliss-reactive ketones (excluding diaryl/α,β-unsaturated/α-hetero) is 1. The van der Waals surface area contributed by atoms with Crippen LogP contribution in [-0.2, 0) is 11.3 Å². The van der Waals surface area contributed by atoms with Crippen molar-refractivity contribution in [3.63, 3.8) is 0 Å². The minimum atomic E-state index is -0.128. The molecule has 0 N–H and O–H groups in total. The molecule has 0 saturated carbocycles. The lowest BCUT2D eigenvalue weighted by molar-refractivity contribution is -0.119. The predicted octanol–water partition coefficient (Wildman–Crippen LogP) is 1.44. The van der Waals surface area contributed by atoms with Gasteiger partial charge in [-0.3, -0.25) is 14.2 Å². The summed E-state index contributed by atoms with van der Waals surface area (Å²) >= 11 is 1.36. The standard InChI is InChI=1S/C10H10N2O2S/c1-2-7(13)5-12-6-11-8-3-4-15-9(8)10(12)14/h3-4,6H,2,5H2,1H3. The first-order valence-electron chi connectivity index (χ1n) is 4.66. The van der Waals surface area contributed by atoms with E-state index in [0.717, 1.165) is 0 Å². The Kier molecular flexibility index (Phi) is 2.64. The molecule has 0 atom stereocenters. The molecule has 78 valence electrons. The Morgan fingerprint density at radius 3 is 3.13 bits per heavy atom. The summed E-state index contributed by atoms with van der Waals surface area (Å²) in [4.78, 5) is 27.2. The molecule has 0 aliphatic heterocycles. The molecule has 0 radical (unpaired) electrons. The minimum Gasteiger partial charge on any atom is -0.298 e. The van der Waals surface area contributed by atoms with Gasteiger partial charge in [0, 0.05) is 6.42 Å². The third-order valence-corrected chi connectivity index (χ3v) is 3.07. The normalized spacial score (nSPS) is 10.7. The summed E-state index contributed by atoms with van der Waals surface area (Å²) in [5.41, 5.74) is 0.571. The number of aromatic nitrogens is 2. The number of thiophene rings is 1. The summed E-state index contributed by atoms with van der Waals surface area (Å²) in [6.45, 7) is 1.90. The molecule has 2 aromatic heterocycles. The van der Waals surface area contributed by atoms with Crippen LogP contribution in [0.2, 0.25) is 0 Å². The van der Waals surface area contributed by atoms with E-state index in [4.69, 9.17) is 0 Å². The van der Waals surface area contributed by atoms with Gasteiger partial charge in [0.2, 0.25) is 0 Å². The van der Waals surface area contributed by atoms with Crippen molar-refractivity contribution in [2.75, 3.05) is 0 Å². The van der Waals surface area contributed by atoms with Gasteiger partial charge in [-0.2, -0.15) is 0 Å². The lowest BCUT2D eigenvalue weighted by atomic mass is 10.3. The van der Waals surface area contributed by atoms with Crippen LogP contribution in [0.5, 0.6) is 0 Å². The van der Waals surface area contributed by atoms with Crippen molar-refractivity contribution in [2.45, 2.75) is 19.9 Å². The first kappa shape index (κ1) is 10.0. The Morgan fingerprint density at radius 1 is 1.60 bits per heavy atom. The van der Waals surface area contributed by atoms with Crippen molar-refractivity contribution in [1.82, 2.24) is 9.55 Å². The second kappa shape index (κ2) is 3.94. The van der Waals surface area contributed by atoms with Crippen LogP contribution in [0.15, 0.2) is 22.6 Å². The molecule has 2 aromatic rings. The number of rotatable bonds is 3. The van der Waals surface area contributed by atoms with Gasteiger partial charge in [0.1, 0.15) is 4.70 Å². The maximum Gasteiger partial charge on any atom is 0.271 e. The average molecular weight is 222 g/mol. The molecule has 2 rings (SSSR count). The highest BCUT2D eigenvalue weighted by molar-refractivity contribution is 7.17. The van der Waals surface area contributed by atoms with Gasteiger partial charge < -0.3 is 0 Å². The number of fused-ring (bicyclic) bond motifs is 1. The number of carbonyl (C=O) groups is 1. The summed E-state index contributed by atoms with van der Waals surface area (Å²) in [7, 11) is 0.